The fraction of sp³-hybridized carbons (Fsp3) is 0.250. The monoisotopic (exact) mass is 293 g/mol. The molecule has 19 heavy (non-hydrogen) atoms. The van der Waals surface area contributed by atoms with Gasteiger partial charge in [-0.1, -0.05) is 40.9 Å². The van der Waals surface area contributed by atoms with E-state index in [1.165, 1.54) is 22.3 Å². The Labute approximate surface area is 124 Å². The van der Waals surface area contributed by atoms with Crippen LogP contribution in [-0.4, -0.2) is 0 Å². The number of benzene rings is 2. The summed E-state index contributed by atoms with van der Waals surface area (Å²) in [5, 5.41) is 4.73. The normalized spacial score (nSPS) is 10.6. The minimum absolute atomic E-state index is 0.684. The van der Waals surface area contributed by atoms with E-state index < -0.39 is 0 Å². The standard InChI is InChI=1S/C16H17Cl2N/c1-10-6-11(2)14(12(3)7-10)9-19-16-8-13(17)4-5-15(16)18/h4-8,19H,9H2,1-3H3. The Morgan fingerprint density at radius 2 is 1.58 bits per heavy atom. The number of halogens is 2. The van der Waals surface area contributed by atoms with Crippen molar-refractivity contribution < 1.29 is 0 Å². The molecule has 0 aliphatic rings. The first-order valence-electron chi connectivity index (χ1n) is 6.23. The molecule has 0 saturated carbocycles. The van der Waals surface area contributed by atoms with Crippen LogP contribution in [0.5, 0.6) is 0 Å². The molecule has 0 aliphatic heterocycles. The predicted octanol–water partition coefficient (Wildman–Crippen LogP) is 5.53. The Hall–Kier alpha value is -1.18. The van der Waals surface area contributed by atoms with Gasteiger partial charge in [0.2, 0.25) is 0 Å². The molecule has 0 heterocycles. The largest absolute Gasteiger partial charge is 0.380 e. The zero-order valence-corrected chi connectivity index (χ0v) is 12.9. The molecule has 0 spiro atoms. The average Bonchev–Trinajstić information content (AvgIpc) is 2.32. The molecule has 2 aromatic carbocycles. The van der Waals surface area contributed by atoms with Crippen LogP contribution in [0, 0.1) is 20.8 Å². The quantitative estimate of drug-likeness (QED) is 0.784. The van der Waals surface area contributed by atoms with Crippen molar-refractivity contribution in [3.63, 3.8) is 0 Å². The van der Waals surface area contributed by atoms with Gasteiger partial charge in [-0.25, -0.2) is 0 Å². The van der Waals surface area contributed by atoms with Crippen LogP contribution < -0.4 is 5.32 Å². The van der Waals surface area contributed by atoms with Gasteiger partial charge in [-0.2, -0.15) is 0 Å². The molecule has 0 amide bonds. The van der Waals surface area contributed by atoms with Gasteiger partial charge in [0.1, 0.15) is 0 Å². The van der Waals surface area contributed by atoms with Crippen LogP contribution in [0.1, 0.15) is 22.3 Å². The van der Waals surface area contributed by atoms with Crippen LogP contribution in [0.2, 0.25) is 10.0 Å². The fourth-order valence-electron chi connectivity index (χ4n) is 2.31. The lowest BCUT2D eigenvalue weighted by atomic mass is 10.00. The second-order valence-corrected chi connectivity index (χ2v) is 5.70. The van der Waals surface area contributed by atoms with Crippen LogP contribution in [0.4, 0.5) is 5.69 Å². The molecular weight excluding hydrogens is 277 g/mol. The Kier molecular flexibility index (Phi) is 4.38. The third kappa shape index (κ3) is 3.43. The molecular formula is C16H17Cl2N. The number of aryl methyl sites for hydroxylation is 3. The average molecular weight is 294 g/mol. The lowest BCUT2D eigenvalue weighted by Crippen LogP contribution is -2.04. The van der Waals surface area contributed by atoms with Crippen molar-refractivity contribution in [1.82, 2.24) is 0 Å². The Bertz CT molecular complexity index is 583. The van der Waals surface area contributed by atoms with Gasteiger partial charge in [0.25, 0.3) is 0 Å². The molecule has 0 bridgehead atoms. The second kappa shape index (κ2) is 5.85. The highest BCUT2D eigenvalue weighted by atomic mass is 35.5. The van der Waals surface area contributed by atoms with Crippen molar-refractivity contribution in [2.45, 2.75) is 27.3 Å². The van der Waals surface area contributed by atoms with Gasteiger partial charge >= 0.3 is 0 Å². The van der Waals surface area contributed by atoms with Gasteiger partial charge in [0.15, 0.2) is 0 Å². The summed E-state index contributed by atoms with van der Waals surface area (Å²) in [6.45, 7) is 7.14. The minimum Gasteiger partial charge on any atom is -0.380 e. The lowest BCUT2D eigenvalue weighted by molar-refractivity contribution is 1.08. The topological polar surface area (TPSA) is 12.0 Å². The van der Waals surface area contributed by atoms with E-state index in [-0.39, 0.29) is 0 Å². The smallest absolute Gasteiger partial charge is 0.0638 e. The zero-order valence-electron chi connectivity index (χ0n) is 11.3. The summed E-state index contributed by atoms with van der Waals surface area (Å²) in [6, 6.07) is 9.84. The van der Waals surface area contributed by atoms with Crippen LogP contribution in [0.3, 0.4) is 0 Å². The maximum atomic E-state index is 6.15. The van der Waals surface area contributed by atoms with Gasteiger partial charge in [-0.15, -0.1) is 0 Å². The molecule has 0 saturated heterocycles. The summed E-state index contributed by atoms with van der Waals surface area (Å²) in [5.74, 6) is 0. The zero-order chi connectivity index (χ0) is 14.0. The minimum atomic E-state index is 0.684. The molecule has 0 aliphatic carbocycles. The van der Waals surface area contributed by atoms with Crippen LogP contribution in [-0.2, 0) is 6.54 Å². The van der Waals surface area contributed by atoms with E-state index in [1.54, 1.807) is 12.1 Å². The summed E-state index contributed by atoms with van der Waals surface area (Å²) in [6.07, 6.45) is 0. The van der Waals surface area contributed by atoms with Crippen molar-refractivity contribution in [2.24, 2.45) is 0 Å². The van der Waals surface area contributed by atoms with Crippen molar-refractivity contribution in [1.29, 1.82) is 0 Å². The second-order valence-electron chi connectivity index (χ2n) is 4.85. The Balaban J connectivity index is 2.21. The molecule has 1 N–H and O–H groups in total. The molecule has 0 atom stereocenters. The number of rotatable bonds is 3. The van der Waals surface area contributed by atoms with Crippen molar-refractivity contribution in [3.8, 4) is 0 Å². The van der Waals surface area contributed by atoms with Crippen LogP contribution >= 0.6 is 23.2 Å². The van der Waals surface area contributed by atoms with E-state index in [0.717, 1.165) is 12.2 Å². The van der Waals surface area contributed by atoms with Gasteiger partial charge in [-0.05, 0) is 55.7 Å². The maximum Gasteiger partial charge on any atom is 0.0638 e. The predicted molar refractivity (Wildman–Crippen MR) is 84.4 cm³/mol. The molecule has 1 nitrogen and oxygen atoms in total. The lowest BCUT2D eigenvalue weighted by Gasteiger charge is -2.14. The highest BCUT2D eigenvalue weighted by molar-refractivity contribution is 6.35. The van der Waals surface area contributed by atoms with Crippen molar-refractivity contribution in [2.75, 3.05) is 5.32 Å². The number of hydrogen-bond donors (Lipinski definition) is 1. The Morgan fingerprint density at radius 1 is 0.947 bits per heavy atom. The number of hydrogen-bond acceptors (Lipinski definition) is 1. The van der Waals surface area contributed by atoms with Gasteiger partial charge < -0.3 is 5.32 Å². The molecule has 3 heteroatoms. The molecule has 100 valence electrons. The first-order chi connectivity index (χ1) is 8.97. The van der Waals surface area contributed by atoms with E-state index in [2.05, 4.69) is 38.2 Å². The number of nitrogens with one attached hydrogen (secondary N) is 1. The van der Waals surface area contributed by atoms with E-state index in [9.17, 15) is 0 Å². The number of anilines is 1. The molecule has 0 aromatic heterocycles. The summed E-state index contributed by atoms with van der Waals surface area (Å²) >= 11 is 12.1. The summed E-state index contributed by atoms with van der Waals surface area (Å²) in [5.41, 5.74) is 6.06. The first kappa shape index (κ1) is 14.2. The Morgan fingerprint density at radius 3 is 2.21 bits per heavy atom. The third-order valence-corrected chi connectivity index (χ3v) is 3.79. The van der Waals surface area contributed by atoms with Crippen molar-refractivity contribution >= 4 is 28.9 Å². The van der Waals surface area contributed by atoms with Gasteiger partial charge in [0.05, 0.1) is 10.7 Å². The van der Waals surface area contributed by atoms with Crippen LogP contribution in [0.15, 0.2) is 30.3 Å². The van der Waals surface area contributed by atoms with Gasteiger partial charge in [0, 0.05) is 11.6 Å². The molecule has 2 rings (SSSR count). The highest BCUT2D eigenvalue weighted by Crippen LogP contribution is 2.26. The fourth-order valence-corrected chi connectivity index (χ4v) is 2.66. The van der Waals surface area contributed by atoms with Crippen LogP contribution in [0.25, 0.3) is 0 Å². The molecule has 0 fully saturated rings. The van der Waals surface area contributed by atoms with Gasteiger partial charge in [-0.3, -0.25) is 0 Å². The first-order valence-corrected chi connectivity index (χ1v) is 6.98. The van der Waals surface area contributed by atoms with E-state index in [0.29, 0.717) is 10.0 Å². The van der Waals surface area contributed by atoms with E-state index in [4.69, 9.17) is 23.2 Å². The summed E-state index contributed by atoms with van der Waals surface area (Å²) in [4.78, 5) is 0. The SMILES string of the molecule is Cc1cc(C)c(CNc2cc(Cl)ccc2Cl)c(C)c1. The highest BCUT2D eigenvalue weighted by Gasteiger charge is 2.06. The summed E-state index contributed by atoms with van der Waals surface area (Å²) in [7, 11) is 0. The van der Waals surface area contributed by atoms with E-state index >= 15 is 0 Å². The van der Waals surface area contributed by atoms with E-state index in [1.807, 2.05) is 6.07 Å². The third-order valence-electron chi connectivity index (χ3n) is 3.22. The molecule has 0 unspecified atom stereocenters. The van der Waals surface area contributed by atoms with Crippen molar-refractivity contribution in [3.05, 3.63) is 62.6 Å². The summed E-state index contributed by atoms with van der Waals surface area (Å²) < 4.78 is 0. The molecule has 0 radical (unpaired) electrons. The molecule has 2 aromatic rings. The maximum absolute atomic E-state index is 6.15.